The van der Waals surface area contributed by atoms with Crippen LogP contribution >= 0.6 is 0 Å². The molecule has 2 aliphatic heterocycles. The molecule has 10 unspecified atom stereocenters. The molecule has 4 rings (SSSR count). The minimum atomic E-state index is -2.01. The summed E-state index contributed by atoms with van der Waals surface area (Å²) in [7, 11) is 1.15. The van der Waals surface area contributed by atoms with E-state index in [4.69, 9.17) is 23.7 Å². The summed E-state index contributed by atoms with van der Waals surface area (Å²) in [6.07, 6.45) is -17.4. The summed E-state index contributed by atoms with van der Waals surface area (Å²) in [4.78, 5) is 24.4. The Balaban J connectivity index is 1.48. The lowest BCUT2D eigenvalue weighted by atomic mass is 9.96. The number of aliphatic carboxylic acids is 1. The summed E-state index contributed by atoms with van der Waals surface area (Å²) >= 11 is 0. The number of carbonyl (C=O) groups is 2. The molecule has 2 fully saturated rings. The first-order valence-corrected chi connectivity index (χ1v) is 11.5. The maximum Gasteiger partial charge on any atom is 0.338 e. The van der Waals surface area contributed by atoms with Gasteiger partial charge in [-0.15, -0.1) is 20.4 Å². The molecule has 6 N–H and O–H groups in total. The van der Waals surface area contributed by atoms with Gasteiger partial charge in [-0.2, -0.15) is 0 Å². The third-order valence-corrected chi connectivity index (χ3v) is 6.11. The molecule has 17 heteroatoms. The molecule has 2 aromatic rings. The first kappa shape index (κ1) is 28.7. The van der Waals surface area contributed by atoms with E-state index in [1.54, 1.807) is 24.3 Å². The van der Waals surface area contributed by atoms with Crippen LogP contribution in [0.5, 0.6) is 0 Å². The quantitative estimate of drug-likeness (QED) is 0.172. The average Bonchev–Trinajstić information content (AvgIpc) is 2.95. The van der Waals surface area contributed by atoms with Crippen molar-refractivity contribution >= 4 is 11.9 Å². The van der Waals surface area contributed by atoms with E-state index in [0.29, 0.717) is 11.1 Å². The molecule has 0 spiro atoms. The van der Waals surface area contributed by atoms with Gasteiger partial charge in [-0.05, 0) is 5.56 Å². The van der Waals surface area contributed by atoms with Gasteiger partial charge in [0.05, 0.1) is 0 Å². The number of rotatable bonds is 8. The third-order valence-electron chi connectivity index (χ3n) is 6.11. The highest BCUT2D eigenvalue weighted by atomic mass is 16.7. The number of ether oxygens (including phenoxy) is 5. The fourth-order valence-corrected chi connectivity index (χ4v) is 4.00. The zero-order valence-electron chi connectivity index (χ0n) is 20.2. The van der Waals surface area contributed by atoms with Gasteiger partial charge in [-0.1, -0.05) is 24.3 Å². The summed E-state index contributed by atoms with van der Waals surface area (Å²) in [5.41, 5.74) is 1.14. The van der Waals surface area contributed by atoms with Crippen molar-refractivity contribution in [1.82, 2.24) is 20.4 Å². The molecule has 2 saturated heterocycles. The van der Waals surface area contributed by atoms with Crippen molar-refractivity contribution in [2.24, 2.45) is 0 Å². The molecule has 0 radical (unpaired) electrons. The number of hydrogen-bond acceptors (Lipinski definition) is 16. The van der Waals surface area contributed by atoms with E-state index in [0.717, 1.165) is 7.11 Å². The Morgan fingerprint density at radius 3 is 2.08 bits per heavy atom. The van der Waals surface area contributed by atoms with E-state index >= 15 is 0 Å². The van der Waals surface area contributed by atoms with Crippen LogP contribution in [0, 0.1) is 0 Å². The van der Waals surface area contributed by atoms with E-state index < -0.39 is 73.4 Å². The third kappa shape index (κ3) is 6.16. The predicted octanol–water partition coefficient (Wildman–Crippen LogP) is -3.65. The lowest BCUT2D eigenvalue weighted by molar-refractivity contribution is -0.348. The zero-order valence-corrected chi connectivity index (χ0v) is 20.2. The average molecular weight is 554 g/mol. The van der Waals surface area contributed by atoms with E-state index in [-0.39, 0.29) is 12.4 Å². The lowest BCUT2D eigenvalue weighted by Crippen LogP contribution is -2.65. The predicted molar refractivity (Wildman–Crippen MR) is 120 cm³/mol. The lowest BCUT2D eigenvalue weighted by Gasteiger charge is -2.44. The molecule has 3 heterocycles. The van der Waals surface area contributed by atoms with Crippen LogP contribution in [0.3, 0.4) is 0 Å². The summed E-state index contributed by atoms with van der Waals surface area (Å²) in [5.74, 6) is -2.46. The number of aromatic nitrogens is 4. The summed E-state index contributed by atoms with van der Waals surface area (Å²) in [6, 6.07) is 6.53. The second kappa shape index (κ2) is 12.3. The smallest absolute Gasteiger partial charge is 0.338 e. The number of methoxy groups -OCH3 is 1. The Bertz CT molecular complexity index is 1130. The fourth-order valence-electron chi connectivity index (χ4n) is 4.00. The zero-order chi connectivity index (χ0) is 28.3. The number of nitrogens with zero attached hydrogens (tertiary/aromatic N) is 4. The van der Waals surface area contributed by atoms with Crippen LogP contribution in [0.25, 0.3) is 11.4 Å². The molecule has 2 aliphatic rings. The van der Waals surface area contributed by atoms with Crippen molar-refractivity contribution in [3.05, 3.63) is 36.2 Å². The molecule has 10 atom stereocenters. The topological polar surface area (TPSA) is 253 Å². The van der Waals surface area contributed by atoms with Crippen LogP contribution in [0.15, 0.2) is 30.6 Å². The number of aliphatic hydroxyl groups excluding tert-OH is 5. The van der Waals surface area contributed by atoms with Gasteiger partial charge in [-0.3, -0.25) is 0 Å². The SMILES string of the molecule is COC1OC(C(=O)OCc2ccc(-c3nncnn3)cc2)C(OC2OC(C(=O)O)C(O)C(O)C2O)C(O)C1O. The second-order valence-corrected chi connectivity index (χ2v) is 8.65. The number of aliphatic hydroxyl groups is 5. The van der Waals surface area contributed by atoms with Crippen molar-refractivity contribution in [3.8, 4) is 11.4 Å². The number of carboxylic acids is 1. The van der Waals surface area contributed by atoms with Gasteiger partial charge in [0.15, 0.2) is 31.1 Å². The summed E-state index contributed by atoms with van der Waals surface area (Å²) in [5, 5.41) is 75.4. The van der Waals surface area contributed by atoms with Gasteiger partial charge >= 0.3 is 11.9 Å². The highest BCUT2D eigenvalue weighted by Gasteiger charge is 2.54. The number of carbonyl (C=O) groups excluding carboxylic acids is 1. The maximum atomic E-state index is 13.0. The summed E-state index contributed by atoms with van der Waals surface area (Å²) < 4.78 is 26.2. The van der Waals surface area contributed by atoms with Crippen LogP contribution in [0.2, 0.25) is 0 Å². The second-order valence-electron chi connectivity index (χ2n) is 8.65. The van der Waals surface area contributed by atoms with Crippen molar-refractivity contribution in [3.63, 3.8) is 0 Å². The molecule has 0 aliphatic carbocycles. The minimum Gasteiger partial charge on any atom is -0.479 e. The molecule has 39 heavy (non-hydrogen) atoms. The van der Waals surface area contributed by atoms with Crippen LogP contribution in [-0.4, -0.2) is 131 Å². The minimum absolute atomic E-state index is 0.261. The Labute approximate surface area is 219 Å². The van der Waals surface area contributed by atoms with Crippen molar-refractivity contribution in [1.29, 1.82) is 0 Å². The highest BCUT2D eigenvalue weighted by molar-refractivity contribution is 5.76. The fraction of sp³-hybridized carbons (Fsp3) is 0.545. The molecule has 1 aromatic heterocycles. The van der Waals surface area contributed by atoms with E-state index in [9.17, 15) is 40.2 Å². The van der Waals surface area contributed by atoms with Crippen molar-refractivity contribution < 1.29 is 63.9 Å². The van der Waals surface area contributed by atoms with Gasteiger partial charge < -0.3 is 54.3 Å². The number of carboxylic acid groups (broad SMARTS) is 1. The summed E-state index contributed by atoms with van der Waals surface area (Å²) in [6.45, 7) is -0.261. The van der Waals surface area contributed by atoms with Gasteiger partial charge in [0, 0.05) is 12.7 Å². The molecule has 212 valence electrons. The standard InChI is InChI=1S/C22H26N4O13/c1-35-21-14(31)12(29)15(37-22-13(30)10(27)11(28)16(38-22)19(32)33)17(39-21)20(34)36-6-8-2-4-9(5-3-8)18-25-23-7-24-26-18/h2-5,7,10-17,21-22,27-31H,6H2,1H3,(H,32,33). The largest absolute Gasteiger partial charge is 0.479 e. The van der Waals surface area contributed by atoms with Gasteiger partial charge in [0.2, 0.25) is 5.82 Å². The van der Waals surface area contributed by atoms with Crippen LogP contribution in [-0.2, 0) is 39.9 Å². The Hall–Kier alpha value is -3.26. The van der Waals surface area contributed by atoms with E-state index in [1.807, 2.05) is 0 Å². The number of benzene rings is 1. The van der Waals surface area contributed by atoms with Crippen molar-refractivity contribution in [2.45, 2.75) is 68.0 Å². The first-order valence-electron chi connectivity index (χ1n) is 11.5. The van der Waals surface area contributed by atoms with Crippen LogP contribution in [0.1, 0.15) is 5.56 Å². The van der Waals surface area contributed by atoms with Gasteiger partial charge in [-0.25, -0.2) is 9.59 Å². The first-order chi connectivity index (χ1) is 18.6. The Morgan fingerprint density at radius 1 is 0.846 bits per heavy atom. The van der Waals surface area contributed by atoms with Crippen LogP contribution in [0.4, 0.5) is 0 Å². The monoisotopic (exact) mass is 554 g/mol. The molecule has 17 nitrogen and oxygen atoms in total. The molecular formula is C22H26N4O13. The molecule has 0 bridgehead atoms. The van der Waals surface area contributed by atoms with E-state index in [1.165, 1.54) is 6.33 Å². The molecule has 0 saturated carbocycles. The molecule has 0 amide bonds. The van der Waals surface area contributed by atoms with Gasteiger partial charge in [0.25, 0.3) is 0 Å². The maximum absolute atomic E-state index is 13.0. The van der Waals surface area contributed by atoms with Crippen LogP contribution < -0.4 is 0 Å². The normalized spacial score (nSPS) is 34.8. The molecular weight excluding hydrogens is 528 g/mol. The number of hydrogen-bond donors (Lipinski definition) is 6. The number of esters is 1. The highest BCUT2D eigenvalue weighted by Crippen LogP contribution is 2.30. The Morgan fingerprint density at radius 2 is 1.46 bits per heavy atom. The molecule has 1 aromatic carbocycles. The Kier molecular flexibility index (Phi) is 9.05. The van der Waals surface area contributed by atoms with E-state index in [2.05, 4.69) is 20.4 Å². The van der Waals surface area contributed by atoms with Gasteiger partial charge in [0.1, 0.15) is 43.2 Å². The van der Waals surface area contributed by atoms with Crippen molar-refractivity contribution in [2.75, 3.05) is 7.11 Å².